The molecule has 0 saturated carbocycles. The summed E-state index contributed by atoms with van der Waals surface area (Å²) in [7, 11) is 0. The average Bonchev–Trinajstić information content (AvgIpc) is 2.47. The lowest BCUT2D eigenvalue weighted by molar-refractivity contribution is -0.127. The van der Waals surface area contributed by atoms with Crippen LogP contribution in [0.15, 0.2) is 11.4 Å². The molecular weight excluding hydrogens is 220 g/mol. The third kappa shape index (κ3) is 1.45. The summed E-state index contributed by atoms with van der Waals surface area (Å²) in [5.41, 5.74) is 1.28. The van der Waals surface area contributed by atoms with E-state index < -0.39 is 6.43 Å². The van der Waals surface area contributed by atoms with E-state index in [1.807, 2.05) is 5.38 Å². The van der Waals surface area contributed by atoms with Crippen molar-refractivity contribution in [2.24, 2.45) is 5.41 Å². The third-order valence-corrected chi connectivity index (χ3v) is 3.98. The lowest BCUT2D eigenvalue weighted by Crippen LogP contribution is -2.66. The van der Waals surface area contributed by atoms with Gasteiger partial charge in [0.15, 0.2) is 0 Å². The molecule has 2 aliphatic rings. The second kappa shape index (κ2) is 3.15. The summed E-state index contributed by atoms with van der Waals surface area (Å²) in [6.45, 7) is 3.56. The lowest BCUT2D eigenvalue weighted by Gasteiger charge is -2.55. The van der Waals surface area contributed by atoms with Crippen molar-refractivity contribution in [1.29, 1.82) is 0 Å². The van der Waals surface area contributed by atoms with Crippen LogP contribution in [0.4, 0.5) is 14.5 Å². The van der Waals surface area contributed by atoms with Crippen molar-refractivity contribution >= 4 is 17.0 Å². The molecule has 0 aromatic carbocycles. The number of ether oxygens (including phenoxy) is 1. The molecule has 1 aromatic heterocycles. The first-order valence-corrected chi connectivity index (χ1v) is 5.76. The van der Waals surface area contributed by atoms with E-state index in [4.69, 9.17) is 4.74 Å². The summed E-state index contributed by atoms with van der Waals surface area (Å²) in [4.78, 5) is 2.31. The quantitative estimate of drug-likeness (QED) is 0.775. The van der Waals surface area contributed by atoms with E-state index in [1.54, 1.807) is 6.07 Å². The number of nitrogens with zero attached hydrogens (tertiary/aromatic N) is 1. The van der Waals surface area contributed by atoms with Crippen molar-refractivity contribution in [1.82, 2.24) is 0 Å². The second-order valence-corrected chi connectivity index (χ2v) is 5.30. The number of thiophene rings is 1. The van der Waals surface area contributed by atoms with Crippen LogP contribution in [0.3, 0.4) is 0 Å². The molecule has 15 heavy (non-hydrogen) atoms. The SMILES string of the molecule is FC(F)c1cc(N2CC3(COC3)C2)cs1. The van der Waals surface area contributed by atoms with Crippen LogP contribution in [0, 0.1) is 5.41 Å². The van der Waals surface area contributed by atoms with Crippen LogP contribution in [0.2, 0.25) is 0 Å². The van der Waals surface area contributed by atoms with Gasteiger partial charge in [-0.15, -0.1) is 11.3 Å². The first kappa shape index (κ1) is 9.54. The van der Waals surface area contributed by atoms with Crippen molar-refractivity contribution in [3.8, 4) is 0 Å². The van der Waals surface area contributed by atoms with Crippen molar-refractivity contribution in [2.45, 2.75) is 6.43 Å². The van der Waals surface area contributed by atoms with Gasteiger partial charge >= 0.3 is 0 Å². The summed E-state index contributed by atoms with van der Waals surface area (Å²) in [5, 5.41) is 1.81. The summed E-state index contributed by atoms with van der Waals surface area (Å²) in [5.74, 6) is 0. The number of alkyl halides is 2. The van der Waals surface area contributed by atoms with E-state index >= 15 is 0 Å². The third-order valence-electron chi connectivity index (χ3n) is 3.06. The molecule has 3 rings (SSSR count). The monoisotopic (exact) mass is 231 g/mol. The summed E-state index contributed by atoms with van der Waals surface area (Å²) in [6.07, 6.45) is -2.34. The summed E-state index contributed by atoms with van der Waals surface area (Å²) >= 11 is 1.14. The molecule has 0 bridgehead atoms. The minimum Gasteiger partial charge on any atom is -0.380 e. The van der Waals surface area contributed by atoms with Gasteiger partial charge in [0, 0.05) is 24.2 Å². The zero-order valence-electron chi connectivity index (χ0n) is 8.08. The minimum atomic E-state index is -2.34. The molecule has 0 amide bonds. The molecule has 2 fully saturated rings. The Bertz CT molecular complexity index is 367. The standard InChI is InChI=1S/C10H11F2NOS/c11-9(12)8-1-7(2-15-8)13-3-10(4-13)5-14-6-10/h1-2,9H,3-6H2. The van der Waals surface area contributed by atoms with Gasteiger partial charge in [0.2, 0.25) is 0 Å². The summed E-state index contributed by atoms with van der Waals surface area (Å²) in [6, 6.07) is 1.60. The van der Waals surface area contributed by atoms with Gasteiger partial charge in [0.25, 0.3) is 6.43 Å². The van der Waals surface area contributed by atoms with Crippen LogP contribution in [-0.4, -0.2) is 26.3 Å². The lowest BCUT2D eigenvalue weighted by atomic mass is 9.78. The number of rotatable bonds is 2. The molecule has 0 atom stereocenters. The topological polar surface area (TPSA) is 12.5 Å². The number of anilines is 1. The Morgan fingerprint density at radius 2 is 2.13 bits per heavy atom. The molecule has 2 aliphatic heterocycles. The maximum atomic E-state index is 12.4. The van der Waals surface area contributed by atoms with Crippen LogP contribution in [0.1, 0.15) is 11.3 Å². The highest BCUT2D eigenvalue weighted by Crippen LogP contribution is 2.42. The van der Waals surface area contributed by atoms with Gasteiger partial charge in [-0.2, -0.15) is 0 Å². The van der Waals surface area contributed by atoms with Gasteiger partial charge in [0.05, 0.1) is 23.5 Å². The molecule has 2 saturated heterocycles. The zero-order chi connectivity index (χ0) is 10.5. The molecule has 3 heterocycles. The average molecular weight is 231 g/mol. The van der Waals surface area contributed by atoms with E-state index in [9.17, 15) is 8.78 Å². The van der Waals surface area contributed by atoms with Crippen LogP contribution in [-0.2, 0) is 4.74 Å². The highest BCUT2D eigenvalue weighted by atomic mass is 32.1. The Labute approximate surface area is 90.5 Å². The van der Waals surface area contributed by atoms with E-state index in [1.165, 1.54) is 0 Å². The molecular formula is C10H11F2NOS. The summed E-state index contributed by atoms with van der Waals surface area (Å²) < 4.78 is 29.9. The van der Waals surface area contributed by atoms with Crippen LogP contribution >= 0.6 is 11.3 Å². The van der Waals surface area contributed by atoms with Gasteiger partial charge in [-0.1, -0.05) is 0 Å². The molecule has 5 heteroatoms. The molecule has 82 valence electrons. The smallest absolute Gasteiger partial charge is 0.272 e. The van der Waals surface area contributed by atoms with Gasteiger partial charge in [0.1, 0.15) is 0 Å². The Hall–Kier alpha value is -0.680. The van der Waals surface area contributed by atoms with Crippen molar-refractivity contribution < 1.29 is 13.5 Å². The first-order valence-electron chi connectivity index (χ1n) is 4.88. The molecule has 0 unspecified atom stereocenters. The Morgan fingerprint density at radius 1 is 1.40 bits per heavy atom. The fourth-order valence-corrected chi connectivity index (χ4v) is 2.91. The number of hydrogen-bond acceptors (Lipinski definition) is 3. The van der Waals surface area contributed by atoms with Gasteiger partial charge in [-0.3, -0.25) is 0 Å². The molecule has 0 N–H and O–H groups in total. The molecule has 2 nitrogen and oxygen atoms in total. The Morgan fingerprint density at radius 3 is 2.60 bits per heavy atom. The maximum absolute atomic E-state index is 12.4. The fourth-order valence-electron chi connectivity index (χ4n) is 2.14. The predicted octanol–water partition coefficient (Wildman–Crippen LogP) is 2.52. The van der Waals surface area contributed by atoms with E-state index in [2.05, 4.69) is 4.90 Å². The maximum Gasteiger partial charge on any atom is 0.272 e. The second-order valence-electron chi connectivity index (χ2n) is 4.36. The number of halogens is 2. The van der Waals surface area contributed by atoms with Crippen molar-refractivity contribution in [3.63, 3.8) is 0 Å². The van der Waals surface area contributed by atoms with Gasteiger partial charge in [-0.05, 0) is 6.07 Å². The predicted molar refractivity (Wildman–Crippen MR) is 54.7 cm³/mol. The zero-order valence-corrected chi connectivity index (χ0v) is 8.90. The highest BCUT2D eigenvalue weighted by molar-refractivity contribution is 7.10. The highest BCUT2D eigenvalue weighted by Gasteiger charge is 2.49. The molecule has 1 aromatic rings. The van der Waals surface area contributed by atoms with Gasteiger partial charge < -0.3 is 9.64 Å². The Kier molecular flexibility index (Phi) is 2.01. The fraction of sp³-hybridized carbons (Fsp3) is 0.600. The van der Waals surface area contributed by atoms with Crippen LogP contribution in [0.5, 0.6) is 0 Å². The molecule has 1 spiro atoms. The normalized spacial score (nSPS) is 23.0. The largest absolute Gasteiger partial charge is 0.380 e. The van der Waals surface area contributed by atoms with E-state index in [-0.39, 0.29) is 4.88 Å². The molecule has 0 radical (unpaired) electrons. The van der Waals surface area contributed by atoms with Crippen molar-refractivity contribution in [2.75, 3.05) is 31.2 Å². The van der Waals surface area contributed by atoms with E-state index in [0.29, 0.717) is 5.41 Å². The van der Waals surface area contributed by atoms with Crippen LogP contribution < -0.4 is 4.90 Å². The van der Waals surface area contributed by atoms with E-state index in [0.717, 1.165) is 43.3 Å². The number of hydrogen-bond donors (Lipinski definition) is 0. The van der Waals surface area contributed by atoms with Crippen LogP contribution in [0.25, 0.3) is 0 Å². The van der Waals surface area contributed by atoms with Crippen molar-refractivity contribution in [3.05, 3.63) is 16.3 Å². The minimum absolute atomic E-state index is 0.163. The molecule has 0 aliphatic carbocycles. The van der Waals surface area contributed by atoms with Gasteiger partial charge in [-0.25, -0.2) is 8.78 Å². The Balaban J connectivity index is 1.67. The first-order chi connectivity index (χ1) is 7.19.